The van der Waals surface area contributed by atoms with Gasteiger partial charge in [-0.1, -0.05) is 32.1 Å². The number of rotatable bonds is 3. The van der Waals surface area contributed by atoms with Gasteiger partial charge in [0.05, 0.1) is 6.10 Å². The Kier molecular flexibility index (Phi) is 4.74. The van der Waals surface area contributed by atoms with Crippen molar-refractivity contribution in [3.8, 4) is 0 Å². The highest BCUT2D eigenvalue weighted by Gasteiger charge is 2.56. The molecule has 0 bridgehead atoms. The van der Waals surface area contributed by atoms with Crippen LogP contribution in [0, 0.1) is 34.5 Å². The van der Waals surface area contributed by atoms with Gasteiger partial charge in [-0.25, -0.2) is 0 Å². The van der Waals surface area contributed by atoms with Crippen molar-refractivity contribution >= 4 is 0 Å². The number of allylic oxidation sites excluding steroid dienone is 3. The van der Waals surface area contributed by atoms with Crippen molar-refractivity contribution in [3.63, 3.8) is 0 Å². The van der Waals surface area contributed by atoms with E-state index in [0.29, 0.717) is 18.3 Å². The van der Waals surface area contributed by atoms with Crippen LogP contribution < -0.4 is 0 Å². The first-order valence-electron chi connectivity index (χ1n) is 9.56. The van der Waals surface area contributed by atoms with Crippen LogP contribution in [0.15, 0.2) is 23.8 Å². The monoisotopic (exact) mass is 334 g/mol. The topological polar surface area (TPSA) is 60.7 Å². The Bertz CT molecular complexity index is 539. The molecule has 2 saturated carbocycles. The lowest BCUT2D eigenvalue weighted by molar-refractivity contribution is -0.0984. The van der Waals surface area contributed by atoms with Crippen LogP contribution in [-0.4, -0.2) is 34.6 Å². The summed E-state index contributed by atoms with van der Waals surface area (Å²) in [4.78, 5) is 0. The van der Waals surface area contributed by atoms with Gasteiger partial charge in [-0.15, -0.1) is 0 Å². The summed E-state index contributed by atoms with van der Waals surface area (Å²) < 4.78 is 0. The first-order chi connectivity index (χ1) is 11.3. The van der Waals surface area contributed by atoms with Gasteiger partial charge in [0.2, 0.25) is 0 Å². The molecule has 3 aliphatic rings. The molecule has 7 atom stereocenters. The molecule has 0 aliphatic heterocycles. The number of fused-ring (bicyclic) bond motifs is 1. The van der Waals surface area contributed by atoms with Crippen molar-refractivity contribution in [2.45, 2.75) is 59.0 Å². The van der Waals surface area contributed by atoms with Crippen LogP contribution in [-0.2, 0) is 0 Å². The Labute approximate surface area is 146 Å². The minimum absolute atomic E-state index is 0.00558. The summed E-state index contributed by atoms with van der Waals surface area (Å²) in [7, 11) is 0. The number of hydrogen-bond donors (Lipinski definition) is 3. The van der Waals surface area contributed by atoms with Crippen molar-refractivity contribution in [2.75, 3.05) is 13.2 Å². The maximum atomic E-state index is 10.3. The van der Waals surface area contributed by atoms with Gasteiger partial charge in [0.25, 0.3) is 0 Å². The molecule has 0 amide bonds. The third kappa shape index (κ3) is 2.51. The molecule has 0 aromatic carbocycles. The molecular formula is C21H34O3. The van der Waals surface area contributed by atoms with Gasteiger partial charge < -0.3 is 15.3 Å². The van der Waals surface area contributed by atoms with E-state index in [1.165, 1.54) is 11.1 Å². The van der Waals surface area contributed by atoms with Crippen LogP contribution in [0.3, 0.4) is 0 Å². The second kappa shape index (κ2) is 6.26. The summed E-state index contributed by atoms with van der Waals surface area (Å²) in [6.45, 7) is 11.4. The van der Waals surface area contributed by atoms with E-state index >= 15 is 0 Å². The van der Waals surface area contributed by atoms with E-state index in [1.54, 1.807) is 0 Å². The number of aliphatic hydroxyl groups excluding tert-OH is 3. The van der Waals surface area contributed by atoms with Crippen LogP contribution in [0.5, 0.6) is 0 Å². The van der Waals surface area contributed by atoms with Gasteiger partial charge in [-0.3, -0.25) is 0 Å². The van der Waals surface area contributed by atoms with Gasteiger partial charge in [-0.2, -0.15) is 0 Å². The van der Waals surface area contributed by atoms with Gasteiger partial charge in [0, 0.05) is 13.2 Å². The van der Waals surface area contributed by atoms with Crippen LogP contribution in [0.1, 0.15) is 52.9 Å². The van der Waals surface area contributed by atoms with Gasteiger partial charge in [-0.05, 0) is 79.1 Å². The Morgan fingerprint density at radius 1 is 1.17 bits per heavy atom. The molecule has 3 nitrogen and oxygen atoms in total. The average molecular weight is 335 g/mol. The average Bonchev–Trinajstić information content (AvgIpc) is 2.79. The summed E-state index contributed by atoms with van der Waals surface area (Å²) >= 11 is 0. The lowest BCUT2D eigenvalue weighted by atomic mass is 9.49. The van der Waals surface area contributed by atoms with E-state index in [2.05, 4.69) is 33.4 Å². The second-order valence-corrected chi connectivity index (χ2v) is 9.08. The molecule has 136 valence electrons. The maximum absolute atomic E-state index is 10.3. The molecule has 0 radical (unpaired) electrons. The lowest BCUT2D eigenvalue weighted by Gasteiger charge is -2.56. The minimum atomic E-state index is -0.287. The molecule has 3 N–H and O–H groups in total. The summed E-state index contributed by atoms with van der Waals surface area (Å²) in [6.07, 6.45) is 6.66. The molecule has 3 heteroatoms. The highest BCUT2D eigenvalue weighted by Crippen LogP contribution is 2.62. The van der Waals surface area contributed by atoms with E-state index in [4.69, 9.17) is 0 Å². The van der Waals surface area contributed by atoms with E-state index in [0.717, 1.165) is 25.7 Å². The van der Waals surface area contributed by atoms with Crippen molar-refractivity contribution in [1.82, 2.24) is 0 Å². The Morgan fingerprint density at radius 3 is 2.50 bits per heavy atom. The smallest absolute Gasteiger partial charge is 0.0544 e. The minimum Gasteiger partial charge on any atom is -0.396 e. The van der Waals surface area contributed by atoms with Crippen molar-refractivity contribution in [1.29, 1.82) is 0 Å². The fraction of sp³-hybridized carbons (Fsp3) is 0.810. The normalized spacial score (nSPS) is 49.0. The van der Waals surface area contributed by atoms with Gasteiger partial charge in [0.15, 0.2) is 0 Å². The van der Waals surface area contributed by atoms with E-state index in [1.807, 2.05) is 0 Å². The summed E-state index contributed by atoms with van der Waals surface area (Å²) in [5.74, 6) is 1.07. The summed E-state index contributed by atoms with van der Waals surface area (Å²) in [6, 6.07) is 0. The SMILES string of the molecule is C=C1C(C)=C[C@H]2[C@H](CO)[C@@H]([C@@]3(C)CC[C@H](O)C[C@@H]3CO)CC[C@]12C. The van der Waals surface area contributed by atoms with Crippen LogP contribution in [0.4, 0.5) is 0 Å². The Balaban J connectivity index is 1.93. The molecule has 0 unspecified atom stereocenters. The van der Waals surface area contributed by atoms with E-state index in [9.17, 15) is 15.3 Å². The Hall–Kier alpha value is -0.640. The fourth-order valence-corrected chi connectivity index (χ4v) is 6.27. The molecule has 0 spiro atoms. The first-order valence-corrected chi connectivity index (χ1v) is 9.56. The molecule has 3 aliphatic carbocycles. The molecule has 2 fully saturated rings. The highest BCUT2D eigenvalue weighted by atomic mass is 16.3. The molecular weight excluding hydrogens is 300 g/mol. The number of aliphatic hydroxyl groups is 3. The molecule has 0 saturated heterocycles. The zero-order chi connectivity index (χ0) is 17.7. The maximum Gasteiger partial charge on any atom is 0.0544 e. The van der Waals surface area contributed by atoms with Crippen molar-refractivity contribution in [3.05, 3.63) is 23.8 Å². The molecule has 3 rings (SSSR count). The third-order valence-electron chi connectivity index (χ3n) is 8.07. The predicted molar refractivity (Wildman–Crippen MR) is 96.3 cm³/mol. The molecule has 0 aromatic rings. The Morgan fingerprint density at radius 2 is 1.88 bits per heavy atom. The zero-order valence-electron chi connectivity index (χ0n) is 15.5. The zero-order valence-corrected chi connectivity index (χ0v) is 15.5. The van der Waals surface area contributed by atoms with Gasteiger partial charge >= 0.3 is 0 Å². The largest absolute Gasteiger partial charge is 0.396 e. The fourth-order valence-electron chi connectivity index (χ4n) is 6.27. The van der Waals surface area contributed by atoms with Gasteiger partial charge in [0.1, 0.15) is 0 Å². The first kappa shape index (κ1) is 18.2. The molecule has 0 heterocycles. The quantitative estimate of drug-likeness (QED) is 0.742. The lowest BCUT2D eigenvalue weighted by Crippen LogP contribution is -2.52. The molecule has 24 heavy (non-hydrogen) atoms. The standard InChI is InChI=1S/C21H34O3/c1-13-9-19-17(12-23)18(6-8-20(19,3)14(13)2)21(4)7-5-16(24)10-15(21)11-22/h9,15-19,22-24H,2,5-8,10-12H2,1,3-4H3/t15-,16+,17-,18+,19+,20-,21+/m1/s1. The predicted octanol–water partition coefficient (Wildman–Crippen LogP) is 3.30. The third-order valence-corrected chi connectivity index (χ3v) is 8.07. The highest BCUT2D eigenvalue weighted by molar-refractivity contribution is 5.42. The van der Waals surface area contributed by atoms with Crippen LogP contribution >= 0.6 is 0 Å². The van der Waals surface area contributed by atoms with Crippen molar-refractivity contribution < 1.29 is 15.3 Å². The van der Waals surface area contributed by atoms with Crippen LogP contribution in [0.2, 0.25) is 0 Å². The van der Waals surface area contributed by atoms with Crippen LogP contribution in [0.25, 0.3) is 0 Å². The summed E-state index contributed by atoms with van der Waals surface area (Å²) in [5, 5.41) is 30.3. The molecule has 0 aromatic heterocycles. The van der Waals surface area contributed by atoms with E-state index in [-0.39, 0.29) is 42.0 Å². The number of hydrogen-bond acceptors (Lipinski definition) is 3. The summed E-state index contributed by atoms with van der Waals surface area (Å²) in [5.41, 5.74) is 2.60. The van der Waals surface area contributed by atoms with Crippen molar-refractivity contribution in [2.24, 2.45) is 34.5 Å². The van der Waals surface area contributed by atoms with E-state index < -0.39 is 0 Å². The second-order valence-electron chi connectivity index (χ2n) is 9.08.